The van der Waals surface area contributed by atoms with E-state index in [4.69, 9.17) is 14.2 Å². The molecule has 2 unspecified atom stereocenters. The average Bonchev–Trinajstić information content (AvgIpc) is 2.39. The Labute approximate surface area is 129 Å². The van der Waals surface area contributed by atoms with Crippen molar-refractivity contribution in [1.29, 1.82) is 0 Å². The van der Waals surface area contributed by atoms with Gasteiger partial charge in [-0.2, -0.15) is 0 Å². The molecular weight excluding hydrogens is 292 g/mol. The van der Waals surface area contributed by atoms with E-state index < -0.39 is 14.7 Å². The summed E-state index contributed by atoms with van der Waals surface area (Å²) in [7, 11) is -1.30. The molecule has 0 radical (unpaired) electrons. The minimum atomic E-state index is -2.95. The van der Waals surface area contributed by atoms with Crippen LogP contribution in [0.1, 0.15) is 26.2 Å². The zero-order chi connectivity index (χ0) is 16.1. The Kier molecular flexibility index (Phi) is 12.5. The maximum Gasteiger partial charge on any atom is 0.329 e. The summed E-state index contributed by atoms with van der Waals surface area (Å²) in [6.45, 7) is 6.21. The van der Waals surface area contributed by atoms with Crippen LogP contribution in [0.4, 0.5) is 0 Å². The first-order valence-electron chi connectivity index (χ1n) is 7.62. The molecule has 0 saturated carbocycles. The highest BCUT2D eigenvalue weighted by Gasteiger charge is 2.20. The number of methoxy groups -OCH3 is 1. The third-order valence-electron chi connectivity index (χ3n) is 3.08. The molecule has 0 fully saturated rings. The highest BCUT2D eigenvalue weighted by atomic mass is 28.4. The van der Waals surface area contributed by atoms with Crippen molar-refractivity contribution in [2.45, 2.75) is 44.9 Å². The van der Waals surface area contributed by atoms with E-state index in [-0.39, 0.29) is 0 Å². The molecular formula is C14H32O6Si. The molecule has 2 atom stereocenters. The molecule has 0 amide bonds. The van der Waals surface area contributed by atoms with Gasteiger partial charge >= 0.3 is 8.56 Å². The van der Waals surface area contributed by atoms with Gasteiger partial charge in [0.25, 0.3) is 0 Å². The summed E-state index contributed by atoms with van der Waals surface area (Å²) in [4.78, 5) is 18.5. The molecule has 0 aliphatic rings. The van der Waals surface area contributed by atoms with E-state index in [2.05, 4.69) is 6.92 Å². The van der Waals surface area contributed by atoms with Crippen molar-refractivity contribution in [2.24, 2.45) is 5.92 Å². The van der Waals surface area contributed by atoms with Crippen LogP contribution in [-0.2, 0) is 14.2 Å². The normalized spacial score (nSPS) is 15.1. The zero-order valence-corrected chi connectivity index (χ0v) is 14.6. The van der Waals surface area contributed by atoms with E-state index in [1.807, 2.05) is 0 Å². The Hall–Kier alpha value is -0.0231. The number of aliphatic hydroxyl groups excluding tert-OH is 1. The summed E-state index contributed by atoms with van der Waals surface area (Å²) in [5, 5.41) is 9.79. The van der Waals surface area contributed by atoms with Gasteiger partial charge in [0.1, 0.15) is 0 Å². The van der Waals surface area contributed by atoms with Gasteiger partial charge in [0.15, 0.2) is 0 Å². The van der Waals surface area contributed by atoms with Crippen LogP contribution in [0.25, 0.3) is 0 Å². The van der Waals surface area contributed by atoms with Gasteiger partial charge in [-0.15, -0.1) is 0 Å². The van der Waals surface area contributed by atoms with Crippen molar-refractivity contribution in [3.8, 4) is 0 Å². The Bertz CT molecular complexity index is 234. The molecule has 0 spiro atoms. The molecule has 0 aromatic heterocycles. The molecule has 0 aromatic rings. The van der Waals surface area contributed by atoms with Crippen LogP contribution in [-0.4, -0.2) is 69.5 Å². The lowest BCUT2D eigenvalue weighted by Gasteiger charge is -2.16. The van der Waals surface area contributed by atoms with Crippen LogP contribution in [0.2, 0.25) is 12.6 Å². The summed E-state index contributed by atoms with van der Waals surface area (Å²) < 4.78 is 15.7. The van der Waals surface area contributed by atoms with Crippen LogP contribution in [0, 0.1) is 5.92 Å². The molecule has 0 bridgehead atoms. The van der Waals surface area contributed by atoms with Crippen LogP contribution < -0.4 is 0 Å². The largest absolute Gasteiger partial charge is 0.411 e. The highest BCUT2D eigenvalue weighted by Crippen LogP contribution is 2.10. The Balaban J connectivity index is 3.42. The average molecular weight is 324 g/mol. The van der Waals surface area contributed by atoms with Crippen LogP contribution >= 0.6 is 0 Å². The first-order chi connectivity index (χ1) is 9.85. The highest BCUT2D eigenvalue weighted by molar-refractivity contribution is 6.63. The standard InChI is InChI=1S/C14H32O6Si/c1-13(11-20-9-8-18-2)5-6-14(15)12-19-7-4-10-21(3,16)17/h13-17H,4-12H2,1-3H3. The quantitative estimate of drug-likeness (QED) is 0.325. The van der Waals surface area contributed by atoms with Crippen LogP contribution in [0.5, 0.6) is 0 Å². The molecule has 0 heterocycles. The summed E-state index contributed by atoms with van der Waals surface area (Å²) in [5.41, 5.74) is 0. The van der Waals surface area contributed by atoms with Gasteiger partial charge in [0.05, 0.1) is 25.9 Å². The van der Waals surface area contributed by atoms with Gasteiger partial charge < -0.3 is 28.9 Å². The lowest BCUT2D eigenvalue weighted by atomic mass is 10.0. The fraction of sp³-hybridized carbons (Fsp3) is 1.00. The minimum absolute atomic E-state index is 0.298. The predicted octanol–water partition coefficient (Wildman–Crippen LogP) is 0.890. The molecule has 7 heteroatoms. The van der Waals surface area contributed by atoms with Crippen molar-refractivity contribution in [3.05, 3.63) is 0 Å². The monoisotopic (exact) mass is 324 g/mol. The molecule has 128 valence electrons. The van der Waals surface area contributed by atoms with Gasteiger partial charge in [0, 0.05) is 20.3 Å². The summed E-state index contributed by atoms with van der Waals surface area (Å²) in [5.74, 6) is 0.395. The van der Waals surface area contributed by atoms with Crippen molar-refractivity contribution in [2.75, 3.05) is 40.1 Å². The zero-order valence-electron chi connectivity index (χ0n) is 13.6. The molecule has 0 aliphatic heterocycles. The van der Waals surface area contributed by atoms with Crippen molar-refractivity contribution < 1.29 is 28.9 Å². The molecule has 21 heavy (non-hydrogen) atoms. The van der Waals surface area contributed by atoms with Crippen molar-refractivity contribution in [3.63, 3.8) is 0 Å². The lowest BCUT2D eigenvalue weighted by molar-refractivity contribution is 0.0222. The fourth-order valence-corrected chi connectivity index (χ4v) is 2.61. The lowest BCUT2D eigenvalue weighted by Crippen LogP contribution is -2.29. The number of hydrogen-bond donors (Lipinski definition) is 3. The number of aliphatic hydroxyl groups is 1. The third-order valence-corrected chi connectivity index (χ3v) is 4.38. The Morgan fingerprint density at radius 3 is 2.29 bits per heavy atom. The van der Waals surface area contributed by atoms with E-state index in [0.29, 0.717) is 57.8 Å². The van der Waals surface area contributed by atoms with E-state index in [1.165, 1.54) is 6.55 Å². The van der Waals surface area contributed by atoms with Gasteiger partial charge in [-0.05, 0) is 37.8 Å². The molecule has 0 rings (SSSR count). The van der Waals surface area contributed by atoms with Gasteiger partial charge in [-0.1, -0.05) is 6.92 Å². The van der Waals surface area contributed by atoms with Gasteiger partial charge in [-0.25, -0.2) is 0 Å². The van der Waals surface area contributed by atoms with Crippen LogP contribution in [0.15, 0.2) is 0 Å². The maximum absolute atomic E-state index is 9.79. The molecule has 6 nitrogen and oxygen atoms in total. The second kappa shape index (κ2) is 12.5. The first kappa shape index (κ1) is 21.0. The topological polar surface area (TPSA) is 88.4 Å². The molecule has 0 aromatic carbocycles. The molecule has 3 N–H and O–H groups in total. The Morgan fingerprint density at radius 1 is 1.00 bits per heavy atom. The first-order valence-corrected chi connectivity index (χ1v) is 10.2. The summed E-state index contributed by atoms with van der Waals surface area (Å²) in [6.07, 6.45) is 1.71. The van der Waals surface area contributed by atoms with Crippen LogP contribution in [0.3, 0.4) is 0 Å². The molecule has 0 aliphatic carbocycles. The van der Waals surface area contributed by atoms with E-state index in [1.54, 1.807) is 7.11 Å². The minimum Gasteiger partial charge on any atom is -0.411 e. The number of ether oxygens (including phenoxy) is 3. The number of hydrogen-bond acceptors (Lipinski definition) is 6. The van der Waals surface area contributed by atoms with Crippen molar-refractivity contribution in [1.82, 2.24) is 0 Å². The van der Waals surface area contributed by atoms with Crippen molar-refractivity contribution >= 4 is 8.56 Å². The maximum atomic E-state index is 9.79. The smallest absolute Gasteiger partial charge is 0.329 e. The van der Waals surface area contributed by atoms with E-state index in [0.717, 1.165) is 6.42 Å². The van der Waals surface area contributed by atoms with E-state index in [9.17, 15) is 14.7 Å². The fourth-order valence-electron chi connectivity index (χ4n) is 1.80. The second-order valence-electron chi connectivity index (χ2n) is 5.80. The number of rotatable bonds is 14. The summed E-state index contributed by atoms with van der Waals surface area (Å²) in [6, 6.07) is 0.402. The van der Waals surface area contributed by atoms with Gasteiger partial charge in [-0.3, -0.25) is 0 Å². The second-order valence-corrected chi connectivity index (χ2v) is 8.73. The van der Waals surface area contributed by atoms with Gasteiger partial charge in [0.2, 0.25) is 0 Å². The predicted molar refractivity (Wildman–Crippen MR) is 83.4 cm³/mol. The van der Waals surface area contributed by atoms with E-state index >= 15 is 0 Å². The third kappa shape index (κ3) is 16.2. The SMILES string of the molecule is COCCOCC(C)CCC(O)COCCC[Si](C)(O)O. The molecule has 0 saturated heterocycles. The summed E-state index contributed by atoms with van der Waals surface area (Å²) >= 11 is 0. The Morgan fingerprint density at radius 2 is 1.67 bits per heavy atom.